The Morgan fingerprint density at radius 2 is 1.19 bits per heavy atom. The van der Waals surface area contributed by atoms with E-state index in [0.717, 1.165) is 19.6 Å². The van der Waals surface area contributed by atoms with Crippen molar-refractivity contribution in [3.05, 3.63) is 96.1 Å². The molecule has 0 unspecified atom stereocenters. The Balaban J connectivity index is 1.53. The van der Waals surface area contributed by atoms with Crippen molar-refractivity contribution in [1.29, 1.82) is 0 Å². The largest absolute Gasteiger partial charge is 0.250 e. The minimum Gasteiger partial charge on any atom is -0.250 e. The third kappa shape index (κ3) is 3.48. The molecule has 0 aliphatic carbocycles. The maximum Gasteiger partial charge on any atom is 0.0387 e. The Hall–Kier alpha value is -2.68. The van der Waals surface area contributed by atoms with Crippen LogP contribution < -0.4 is 5.43 Å². The Bertz CT molecular complexity index is 1010. The molecule has 0 spiro atoms. The van der Waals surface area contributed by atoms with E-state index in [2.05, 4.69) is 102 Å². The Kier molecular flexibility index (Phi) is 4.96. The normalized spacial score (nSPS) is 11.5. The molecule has 0 saturated heterocycles. The van der Waals surface area contributed by atoms with E-state index in [0.29, 0.717) is 0 Å². The highest BCUT2D eigenvalue weighted by Crippen LogP contribution is 2.21. The Morgan fingerprint density at radius 1 is 0.654 bits per heavy atom. The molecule has 2 heteroatoms. The van der Waals surface area contributed by atoms with Crippen LogP contribution in [0.15, 0.2) is 84.9 Å². The molecule has 0 aromatic heterocycles. The summed E-state index contributed by atoms with van der Waals surface area (Å²) in [5.41, 5.74) is 6.31. The van der Waals surface area contributed by atoms with Gasteiger partial charge in [0.05, 0.1) is 0 Å². The summed E-state index contributed by atoms with van der Waals surface area (Å²) in [5.74, 6) is 0. The number of nitrogens with zero attached hydrogens (tertiary/aromatic N) is 1. The van der Waals surface area contributed by atoms with E-state index in [-0.39, 0.29) is 0 Å². The molecule has 0 aliphatic heterocycles. The Morgan fingerprint density at radius 3 is 1.85 bits per heavy atom. The highest BCUT2D eigenvalue weighted by atomic mass is 15.5. The third-order valence-electron chi connectivity index (χ3n) is 5.00. The molecule has 0 fully saturated rings. The van der Waals surface area contributed by atoms with Crippen molar-refractivity contribution < 1.29 is 0 Å². The summed E-state index contributed by atoms with van der Waals surface area (Å²) in [6.45, 7) is 4.87. The lowest BCUT2D eigenvalue weighted by Gasteiger charge is -2.23. The van der Waals surface area contributed by atoms with E-state index in [1.165, 1.54) is 32.7 Å². The molecule has 0 saturated carbocycles. The van der Waals surface area contributed by atoms with Gasteiger partial charge in [-0.05, 0) is 32.7 Å². The lowest BCUT2D eigenvalue weighted by atomic mass is 10.0. The van der Waals surface area contributed by atoms with Crippen molar-refractivity contribution in [2.45, 2.75) is 20.0 Å². The van der Waals surface area contributed by atoms with Crippen LogP contribution in [0.4, 0.5) is 0 Å². The van der Waals surface area contributed by atoms with Gasteiger partial charge < -0.3 is 0 Å². The molecular formula is C24H24N2. The molecule has 130 valence electrons. The van der Waals surface area contributed by atoms with Gasteiger partial charge in [-0.1, -0.05) is 91.9 Å². The fourth-order valence-electron chi connectivity index (χ4n) is 3.56. The molecule has 0 radical (unpaired) electrons. The molecule has 26 heavy (non-hydrogen) atoms. The van der Waals surface area contributed by atoms with Crippen LogP contribution in [-0.2, 0) is 13.1 Å². The first-order valence-corrected chi connectivity index (χ1v) is 9.27. The van der Waals surface area contributed by atoms with Gasteiger partial charge in [-0.25, -0.2) is 5.01 Å². The fourth-order valence-corrected chi connectivity index (χ4v) is 3.56. The van der Waals surface area contributed by atoms with Crippen molar-refractivity contribution in [2.24, 2.45) is 0 Å². The Labute approximate surface area is 155 Å². The highest BCUT2D eigenvalue weighted by molar-refractivity contribution is 5.86. The van der Waals surface area contributed by atoms with Gasteiger partial charge in [0.1, 0.15) is 0 Å². The smallest absolute Gasteiger partial charge is 0.0387 e. The van der Waals surface area contributed by atoms with Crippen molar-refractivity contribution in [1.82, 2.24) is 10.4 Å². The molecule has 0 aliphatic rings. The van der Waals surface area contributed by atoms with Crippen LogP contribution in [0.25, 0.3) is 21.5 Å². The summed E-state index contributed by atoms with van der Waals surface area (Å²) >= 11 is 0. The third-order valence-corrected chi connectivity index (χ3v) is 5.00. The second-order valence-corrected chi connectivity index (χ2v) is 6.63. The maximum absolute atomic E-state index is 3.62. The van der Waals surface area contributed by atoms with Crippen LogP contribution >= 0.6 is 0 Å². The van der Waals surface area contributed by atoms with Crippen LogP contribution in [-0.4, -0.2) is 11.6 Å². The van der Waals surface area contributed by atoms with Gasteiger partial charge in [0.25, 0.3) is 0 Å². The zero-order valence-corrected chi connectivity index (χ0v) is 15.2. The van der Waals surface area contributed by atoms with Crippen LogP contribution in [0.5, 0.6) is 0 Å². The molecule has 0 heterocycles. The average molecular weight is 340 g/mol. The van der Waals surface area contributed by atoms with Gasteiger partial charge in [-0.15, -0.1) is 0 Å². The summed E-state index contributed by atoms with van der Waals surface area (Å²) in [6, 6.07) is 30.3. The van der Waals surface area contributed by atoms with Crippen LogP contribution in [0.2, 0.25) is 0 Å². The molecule has 0 atom stereocenters. The molecule has 4 aromatic rings. The first-order chi connectivity index (χ1) is 12.8. The summed E-state index contributed by atoms with van der Waals surface area (Å²) in [6.07, 6.45) is 0. The maximum atomic E-state index is 3.62. The molecule has 1 N–H and O–H groups in total. The zero-order chi connectivity index (χ0) is 17.8. The number of nitrogens with one attached hydrogen (secondary N) is 1. The monoisotopic (exact) mass is 340 g/mol. The number of fused-ring (bicyclic) bond motifs is 2. The molecular weight excluding hydrogens is 316 g/mol. The molecule has 4 rings (SSSR count). The SMILES string of the molecule is CCN(Cc1cccc2ccccc12)NCc1cccc2ccccc12. The first-order valence-electron chi connectivity index (χ1n) is 9.27. The van der Waals surface area contributed by atoms with Crippen molar-refractivity contribution in [3.8, 4) is 0 Å². The quantitative estimate of drug-likeness (QED) is 0.465. The van der Waals surface area contributed by atoms with Gasteiger partial charge in [-0.2, -0.15) is 0 Å². The number of rotatable bonds is 6. The first kappa shape index (κ1) is 16.8. The lowest BCUT2D eigenvalue weighted by Crippen LogP contribution is -2.36. The van der Waals surface area contributed by atoms with Crippen LogP contribution in [0, 0.1) is 0 Å². The van der Waals surface area contributed by atoms with Crippen LogP contribution in [0.3, 0.4) is 0 Å². The molecule has 0 amide bonds. The topological polar surface area (TPSA) is 15.3 Å². The van der Waals surface area contributed by atoms with Crippen molar-refractivity contribution in [3.63, 3.8) is 0 Å². The summed E-state index contributed by atoms with van der Waals surface area (Å²) in [5, 5.41) is 7.55. The van der Waals surface area contributed by atoms with E-state index in [1.54, 1.807) is 0 Å². The summed E-state index contributed by atoms with van der Waals surface area (Å²) in [4.78, 5) is 0. The number of hydrogen-bond donors (Lipinski definition) is 1. The molecule has 0 bridgehead atoms. The van der Waals surface area contributed by atoms with E-state index in [9.17, 15) is 0 Å². The predicted molar refractivity (Wildman–Crippen MR) is 111 cm³/mol. The molecule has 4 aromatic carbocycles. The average Bonchev–Trinajstić information content (AvgIpc) is 2.71. The summed E-state index contributed by atoms with van der Waals surface area (Å²) < 4.78 is 0. The number of benzene rings is 4. The van der Waals surface area contributed by atoms with Gasteiger partial charge in [-0.3, -0.25) is 5.43 Å². The van der Waals surface area contributed by atoms with Crippen LogP contribution in [0.1, 0.15) is 18.1 Å². The van der Waals surface area contributed by atoms with Gasteiger partial charge in [0.15, 0.2) is 0 Å². The minimum absolute atomic E-state index is 0.833. The van der Waals surface area contributed by atoms with Gasteiger partial charge in [0, 0.05) is 19.6 Å². The zero-order valence-electron chi connectivity index (χ0n) is 15.2. The van der Waals surface area contributed by atoms with Gasteiger partial charge >= 0.3 is 0 Å². The highest BCUT2D eigenvalue weighted by Gasteiger charge is 2.08. The van der Waals surface area contributed by atoms with E-state index >= 15 is 0 Å². The summed E-state index contributed by atoms with van der Waals surface area (Å²) in [7, 11) is 0. The lowest BCUT2D eigenvalue weighted by molar-refractivity contribution is 0.186. The van der Waals surface area contributed by atoms with E-state index in [4.69, 9.17) is 0 Å². The standard InChI is InChI=1S/C24H24N2/c1-2-26(18-22-14-8-12-20-10-4-6-16-24(20)22)25-17-21-13-7-11-19-9-3-5-15-23(19)21/h3-16,25H,2,17-18H2,1H3. The van der Waals surface area contributed by atoms with Gasteiger partial charge in [0.2, 0.25) is 0 Å². The van der Waals surface area contributed by atoms with Crippen molar-refractivity contribution >= 4 is 21.5 Å². The van der Waals surface area contributed by atoms with E-state index in [1.807, 2.05) is 0 Å². The fraction of sp³-hybridized carbons (Fsp3) is 0.167. The van der Waals surface area contributed by atoms with Crippen molar-refractivity contribution in [2.75, 3.05) is 6.54 Å². The van der Waals surface area contributed by atoms with E-state index < -0.39 is 0 Å². The minimum atomic E-state index is 0.833. The predicted octanol–water partition coefficient (Wildman–Crippen LogP) is 5.52. The number of hydrogen-bond acceptors (Lipinski definition) is 2. The second-order valence-electron chi connectivity index (χ2n) is 6.63. The second kappa shape index (κ2) is 7.69. The number of hydrazine groups is 1. The molecule has 2 nitrogen and oxygen atoms in total.